The van der Waals surface area contributed by atoms with Crippen LogP contribution in [0.1, 0.15) is 59.8 Å². The molecule has 0 saturated heterocycles. The number of allylic oxidation sites excluding steroid dienone is 5. The summed E-state index contributed by atoms with van der Waals surface area (Å²) in [6.07, 6.45) is 10.9. The van der Waals surface area contributed by atoms with Gasteiger partial charge in [0.2, 0.25) is 0 Å². The molecule has 1 fully saturated rings. The molecule has 2 aliphatic rings. The maximum Gasteiger partial charge on any atom is 0.331 e. The summed E-state index contributed by atoms with van der Waals surface area (Å²) in [4.78, 5) is 48.4. The van der Waals surface area contributed by atoms with Gasteiger partial charge < -0.3 is 9.84 Å². The van der Waals surface area contributed by atoms with Crippen LogP contribution in [0.3, 0.4) is 0 Å². The maximum absolute atomic E-state index is 12.5. The van der Waals surface area contributed by atoms with Gasteiger partial charge in [0.15, 0.2) is 5.78 Å². The van der Waals surface area contributed by atoms with E-state index < -0.39 is 35.3 Å². The summed E-state index contributed by atoms with van der Waals surface area (Å²) in [7, 11) is 0. The number of ether oxygens (including phenoxy) is 1. The molecule has 0 bridgehead atoms. The monoisotopic (exact) mass is 456 g/mol. The molecular formula is C27H36O6. The Balaban J connectivity index is 2.19. The molecule has 0 aromatic heterocycles. The van der Waals surface area contributed by atoms with Crippen LogP contribution in [-0.2, 0) is 23.9 Å². The zero-order valence-electron chi connectivity index (χ0n) is 20.1. The molecule has 0 spiro atoms. The molecule has 2 aliphatic carbocycles. The maximum atomic E-state index is 12.5. The van der Waals surface area contributed by atoms with Gasteiger partial charge in [0.05, 0.1) is 5.92 Å². The van der Waals surface area contributed by atoms with E-state index >= 15 is 0 Å². The van der Waals surface area contributed by atoms with Crippen molar-refractivity contribution in [2.45, 2.75) is 65.9 Å². The third-order valence-corrected chi connectivity index (χ3v) is 7.27. The largest absolute Gasteiger partial charge is 0.481 e. The van der Waals surface area contributed by atoms with Crippen molar-refractivity contribution in [2.75, 3.05) is 0 Å². The minimum absolute atomic E-state index is 0.0154. The van der Waals surface area contributed by atoms with E-state index in [0.29, 0.717) is 30.1 Å². The van der Waals surface area contributed by atoms with Crippen LogP contribution in [-0.4, -0.2) is 35.2 Å². The van der Waals surface area contributed by atoms with E-state index in [1.54, 1.807) is 13.0 Å². The summed E-state index contributed by atoms with van der Waals surface area (Å²) < 4.78 is 5.66. The molecule has 2 unspecified atom stereocenters. The number of carbonyl (C=O) groups excluding carboxylic acids is 3. The summed E-state index contributed by atoms with van der Waals surface area (Å²) in [5.74, 6) is -2.19. The first-order chi connectivity index (χ1) is 15.5. The highest BCUT2D eigenvalue weighted by molar-refractivity contribution is 5.94. The molecular weight excluding hydrogens is 420 g/mol. The van der Waals surface area contributed by atoms with Crippen molar-refractivity contribution in [1.29, 1.82) is 0 Å². The van der Waals surface area contributed by atoms with Crippen molar-refractivity contribution in [3.63, 3.8) is 0 Å². The number of aldehydes is 1. The van der Waals surface area contributed by atoms with Crippen molar-refractivity contribution in [3.05, 3.63) is 48.1 Å². The lowest BCUT2D eigenvalue weighted by atomic mass is 9.53. The molecule has 6 heteroatoms. The highest BCUT2D eigenvalue weighted by Crippen LogP contribution is 2.55. The Labute approximate surface area is 196 Å². The Morgan fingerprint density at radius 3 is 2.58 bits per heavy atom. The van der Waals surface area contributed by atoms with Crippen LogP contribution in [0.5, 0.6) is 0 Å². The van der Waals surface area contributed by atoms with Crippen molar-refractivity contribution in [1.82, 2.24) is 0 Å². The Morgan fingerprint density at radius 2 is 1.97 bits per heavy atom. The Bertz CT molecular complexity index is 879. The molecule has 6 atom stereocenters. The molecule has 1 saturated carbocycles. The normalized spacial score (nSPS) is 29.3. The Morgan fingerprint density at radius 1 is 1.27 bits per heavy atom. The number of aliphatic carboxylic acids is 1. The number of ketones is 1. The SMILES string of the molecule is C=C(C=O)[C@H]1CC(=O)C=C2[C@H](OC(=O)/C=C/C=C/C(C)CC(C)CC)CC[C@H](C(=O)O)[C@]21C. The summed E-state index contributed by atoms with van der Waals surface area (Å²) in [5.41, 5.74) is -0.383. The van der Waals surface area contributed by atoms with Crippen molar-refractivity contribution in [3.8, 4) is 0 Å². The zero-order chi connectivity index (χ0) is 24.8. The Hall–Kier alpha value is -2.76. The van der Waals surface area contributed by atoms with Crippen LogP contribution in [0.2, 0.25) is 0 Å². The lowest BCUT2D eigenvalue weighted by Crippen LogP contribution is -2.51. The van der Waals surface area contributed by atoms with Gasteiger partial charge in [-0.15, -0.1) is 0 Å². The van der Waals surface area contributed by atoms with Crippen LogP contribution in [0.25, 0.3) is 0 Å². The molecule has 33 heavy (non-hydrogen) atoms. The number of carboxylic acid groups (broad SMARTS) is 1. The smallest absolute Gasteiger partial charge is 0.331 e. The molecule has 2 rings (SSSR count). The van der Waals surface area contributed by atoms with Gasteiger partial charge in [-0.25, -0.2) is 4.79 Å². The van der Waals surface area contributed by atoms with E-state index in [1.165, 1.54) is 12.2 Å². The van der Waals surface area contributed by atoms with Crippen LogP contribution in [0.4, 0.5) is 0 Å². The van der Waals surface area contributed by atoms with E-state index in [0.717, 1.165) is 12.8 Å². The van der Waals surface area contributed by atoms with Gasteiger partial charge >= 0.3 is 11.9 Å². The molecule has 0 amide bonds. The standard InChI is InChI=1S/C27H36O6/c1-6-17(2)13-18(3)9-7-8-10-25(30)33-24-12-11-21(26(31)32)27(5)22(19(4)16-28)14-20(29)15-23(24)27/h7-10,15-18,21-22,24H,4,6,11-14H2,1-3,5H3,(H,31,32)/b9-7+,10-8+/t17?,18?,21-,22-,24-,27+/m1/s1. The molecule has 0 aromatic carbocycles. The van der Waals surface area contributed by atoms with E-state index in [4.69, 9.17) is 4.74 Å². The van der Waals surface area contributed by atoms with Crippen LogP contribution < -0.4 is 0 Å². The predicted octanol–water partition coefficient (Wildman–Crippen LogP) is 4.85. The third-order valence-electron chi connectivity index (χ3n) is 7.27. The van der Waals surface area contributed by atoms with Gasteiger partial charge in [-0.2, -0.15) is 0 Å². The highest BCUT2D eigenvalue weighted by atomic mass is 16.5. The van der Waals surface area contributed by atoms with Crippen molar-refractivity contribution < 1.29 is 29.0 Å². The fourth-order valence-corrected chi connectivity index (χ4v) is 5.21. The molecule has 0 aromatic rings. The van der Waals surface area contributed by atoms with Crippen molar-refractivity contribution in [2.24, 2.45) is 29.1 Å². The van der Waals surface area contributed by atoms with Crippen molar-refractivity contribution >= 4 is 24.0 Å². The van der Waals surface area contributed by atoms with Gasteiger partial charge in [0.25, 0.3) is 0 Å². The summed E-state index contributed by atoms with van der Waals surface area (Å²) in [5, 5.41) is 9.85. The van der Waals surface area contributed by atoms with E-state index in [1.807, 2.05) is 12.2 Å². The highest BCUT2D eigenvalue weighted by Gasteiger charge is 2.55. The van der Waals surface area contributed by atoms with Crippen LogP contribution in [0.15, 0.2) is 48.1 Å². The average molecular weight is 457 g/mol. The second-order valence-electron chi connectivity index (χ2n) is 9.66. The molecule has 1 N–H and O–H groups in total. The quantitative estimate of drug-likeness (QED) is 0.218. The fourth-order valence-electron chi connectivity index (χ4n) is 5.21. The first-order valence-corrected chi connectivity index (χ1v) is 11.7. The molecule has 6 nitrogen and oxygen atoms in total. The molecule has 0 aliphatic heterocycles. The third kappa shape index (κ3) is 6.18. The van der Waals surface area contributed by atoms with Gasteiger partial charge in [-0.1, -0.05) is 58.9 Å². The topological polar surface area (TPSA) is 97.7 Å². The number of hydrogen-bond acceptors (Lipinski definition) is 5. The zero-order valence-corrected chi connectivity index (χ0v) is 20.1. The van der Waals surface area contributed by atoms with Crippen LogP contribution >= 0.6 is 0 Å². The first kappa shape index (κ1) is 26.5. The lowest BCUT2D eigenvalue weighted by molar-refractivity contribution is -0.153. The molecule has 180 valence electrons. The summed E-state index contributed by atoms with van der Waals surface area (Å²) >= 11 is 0. The molecule has 0 radical (unpaired) electrons. The van der Waals surface area contributed by atoms with Gasteiger partial charge in [0, 0.05) is 23.8 Å². The Kier molecular flexibility index (Phi) is 9.15. The number of carboxylic acids is 1. The van der Waals surface area contributed by atoms with Gasteiger partial charge in [-0.05, 0) is 48.3 Å². The summed E-state index contributed by atoms with van der Waals surface area (Å²) in [6.45, 7) is 12.0. The van der Waals surface area contributed by atoms with E-state index in [2.05, 4.69) is 27.4 Å². The minimum atomic E-state index is -1.03. The predicted molar refractivity (Wildman–Crippen MR) is 126 cm³/mol. The fraction of sp³-hybridized carbons (Fsp3) is 0.556. The number of rotatable bonds is 10. The van der Waals surface area contributed by atoms with Crippen LogP contribution in [0, 0.1) is 29.1 Å². The van der Waals surface area contributed by atoms with Gasteiger partial charge in [-0.3, -0.25) is 14.4 Å². The van der Waals surface area contributed by atoms with E-state index in [9.17, 15) is 24.3 Å². The van der Waals surface area contributed by atoms with E-state index in [-0.39, 0.29) is 24.2 Å². The number of carbonyl (C=O) groups is 4. The number of esters is 1. The average Bonchev–Trinajstić information content (AvgIpc) is 2.76. The summed E-state index contributed by atoms with van der Waals surface area (Å²) in [6, 6.07) is 0. The first-order valence-electron chi connectivity index (χ1n) is 11.7. The minimum Gasteiger partial charge on any atom is -0.481 e. The number of hydrogen-bond donors (Lipinski definition) is 1. The molecule has 0 heterocycles. The van der Waals surface area contributed by atoms with Gasteiger partial charge in [0.1, 0.15) is 12.4 Å². The second kappa shape index (κ2) is 11.4. The second-order valence-corrected chi connectivity index (χ2v) is 9.66. The number of fused-ring (bicyclic) bond motifs is 1. The lowest BCUT2D eigenvalue weighted by Gasteiger charge is -2.50.